The first kappa shape index (κ1) is 19.2. The number of alkyl halides is 3. The molecular weight excluding hydrogens is 305 g/mol. The molecule has 22 heavy (non-hydrogen) atoms. The van der Waals surface area contributed by atoms with Gasteiger partial charge in [-0.25, -0.2) is 0 Å². The van der Waals surface area contributed by atoms with E-state index >= 15 is 0 Å². The highest BCUT2D eigenvalue weighted by atomic mass is 19.4. The second kappa shape index (κ2) is 6.33. The summed E-state index contributed by atoms with van der Waals surface area (Å²) in [6.07, 6.45) is -4.90. The van der Waals surface area contributed by atoms with Crippen LogP contribution in [0.15, 0.2) is 0 Å². The average Bonchev–Trinajstić information content (AvgIpc) is 2.74. The van der Waals surface area contributed by atoms with Gasteiger partial charge in [-0.05, 0) is 27.2 Å². The van der Waals surface area contributed by atoms with E-state index in [0.717, 1.165) is 0 Å². The zero-order valence-corrected chi connectivity index (χ0v) is 13.5. The number of hydrogen-bond donors (Lipinski definition) is 0. The summed E-state index contributed by atoms with van der Waals surface area (Å²) < 4.78 is 59.3. The molecule has 0 aromatic heterocycles. The molecule has 1 fully saturated rings. The maximum absolute atomic E-state index is 13.3. The van der Waals surface area contributed by atoms with Crippen LogP contribution in [0.1, 0.15) is 40.5 Å². The van der Waals surface area contributed by atoms with Crippen molar-refractivity contribution in [3.8, 4) is 0 Å². The number of carbonyl (C=O) groups is 1. The Bertz CT molecular complexity index is 410. The summed E-state index contributed by atoms with van der Waals surface area (Å²) in [5, 5.41) is 0. The Hall–Kier alpha value is -0.860. The smallest absolute Gasteiger partial charge is 0.443 e. The molecule has 2 unspecified atom stereocenters. The Morgan fingerprint density at radius 3 is 2.36 bits per heavy atom. The van der Waals surface area contributed by atoms with E-state index in [1.807, 2.05) is 0 Å². The Kier molecular flexibility index (Phi) is 5.52. The zero-order chi connectivity index (χ0) is 17.2. The van der Waals surface area contributed by atoms with Gasteiger partial charge in [-0.15, -0.1) is 0 Å². The summed E-state index contributed by atoms with van der Waals surface area (Å²) in [7, 11) is 1.21. The van der Waals surface area contributed by atoms with Gasteiger partial charge < -0.3 is 18.9 Å². The number of carbonyl (C=O) groups excluding carboxylic acids is 1. The van der Waals surface area contributed by atoms with Crippen LogP contribution in [0.5, 0.6) is 0 Å². The molecule has 1 rings (SSSR count). The number of methoxy groups -OCH3 is 1. The first-order chi connectivity index (χ1) is 9.91. The monoisotopic (exact) mass is 328 g/mol. The van der Waals surface area contributed by atoms with Crippen LogP contribution in [-0.4, -0.2) is 44.0 Å². The summed E-state index contributed by atoms with van der Waals surface area (Å²) >= 11 is 0. The molecule has 0 aromatic carbocycles. The van der Waals surface area contributed by atoms with E-state index < -0.39 is 48.8 Å². The van der Waals surface area contributed by atoms with E-state index in [-0.39, 0.29) is 0 Å². The minimum absolute atomic E-state index is 0.401. The Morgan fingerprint density at radius 1 is 1.32 bits per heavy atom. The van der Waals surface area contributed by atoms with Crippen molar-refractivity contribution in [1.29, 1.82) is 0 Å². The summed E-state index contributed by atoms with van der Waals surface area (Å²) in [6.45, 7) is 5.57. The predicted octanol–water partition coefficient (Wildman–Crippen LogP) is 3.02. The molecule has 0 radical (unpaired) electrons. The summed E-state index contributed by atoms with van der Waals surface area (Å²) in [5.41, 5.74) is -2.19. The molecular formula is C14H23F3O5. The van der Waals surface area contributed by atoms with Gasteiger partial charge in [0.2, 0.25) is 0 Å². The molecule has 5 nitrogen and oxygen atoms in total. The van der Waals surface area contributed by atoms with E-state index in [1.54, 1.807) is 20.8 Å². The first-order valence-corrected chi connectivity index (χ1v) is 6.98. The highest BCUT2D eigenvalue weighted by molar-refractivity contribution is 5.76. The summed E-state index contributed by atoms with van der Waals surface area (Å²) in [4.78, 5) is 12.1. The molecule has 1 aliphatic rings. The number of halogens is 3. The summed E-state index contributed by atoms with van der Waals surface area (Å²) in [5.74, 6) is -3.39. The lowest BCUT2D eigenvalue weighted by Gasteiger charge is -2.32. The van der Waals surface area contributed by atoms with Crippen LogP contribution < -0.4 is 0 Å². The number of ether oxygens (including phenoxy) is 4. The Labute approximate surface area is 128 Å². The molecule has 0 N–H and O–H groups in total. The van der Waals surface area contributed by atoms with Gasteiger partial charge in [0.1, 0.15) is 12.4 Å². The molecule has 2 atom stereocenters. The fourth-order valence-corrected chi connectivity index (χ4v) is 1.95. The topological polar surface area (TPSA) is 54.0 Å². The second-order valence-electron chi connectivity index (χ2n) is 6.34. The van der Waals surface area contributed by atoms with Crippen LogP contribution in [0.25, 0.3) is 0 Å². The van der Waals surface area contributed by atoms with Gasteiger partial charge in [-0.2, -0.15) is 13.2 Å². The molecule has 0 bridgehead atoms. The van der Waals surface area contributed by atoms with Crippen LogP contribution in [-0.2, 0) is 23.7 Å². The van der Waals surface area contributed by atoms with Crippen molar-refractivity contribution in [3.05, 3.63) is 0 Å². The van der Waals surface area contributed by atoms with Crippen molar-refractivity contribution < 1.29 is 36.9 Å². The number of hydrogen-bond acceptors (Lipinski definition) is 5. The quantitative estimate of drug-likeness (QED) is 0.554. The number of esters is 1. The molecule has 8 heteroatoms. The maximum Gasteiger partial charge on any atom is 0.443 e. The van der Waals surface area contributed by atoms with Crippen LogP contribution in [0.2, 0.25) is 0 Å². The van der Waals surface area contributed by atoms with Crippen LogP contribution in [0, 0.1) is 5.41 Å². The van der Waals surface area contributed by atoms with Crippen molar-refractivity contribution in [3.63, 3.8) is 0 Å². The maximum atomic E-state index is 13.3. The number of rotatable bonds is 6. The van der Waals surface area contributed by atoms with E-state index in [9.17, 15) is 18.0 Å². The van der Waals surface area contributed by atoms with Gasteiger partial charge in [-0.3, -0.25) is 4.79 Å². The molecule has 1 aliphatic heterocycles. The normalized spacial score (nSPS) is 29.6. The van der Waals surface area contributed by atoms with Gasteiger partial charge in [0.25, 0.3) is 5.79 Å². The molecule has 0 spiro atoms. The molecule has 0 amide bonds. The highest BCUT2D eigenvalue weighted by Crippen LogP contribution is 2.47. The third-order valence-electron chi connectivity index (χ3n) is 3.83. The largest absolute Gasteiger partial charge is 0.456 e. The van der Waals surface area contributed by atoms with Crippen LogP contribution in [0.4, 0.5) is 13.2 Å². The van der Waals surface area contributed by atoms with E-state index in [1.165, 1.54) is 14.0 Å². The van der Waals surface area contributed by atoms with Gasteiger partial charge in [0.15, 0.2) is 0 Å². The minimum Gasteiger partial charge on any atom is -0.456 e. The second-order valence-corrected chi connectivity index (χ2v) is 6.34. The lowest BCUT2D eigenvalue weighted by Crippen LogP contribution is -2.49. The predicted molar refractivity (Wildman–Crippen MR) is 70.9 cm³/mol. The van der Waals surface area contributed by atoms with E-state index in [4.69, 9.17) is 14.2 Å². The molecule has 0 saturated carbocycles. The van der Waals surface area contributed by atoms with Crippen molar-refractivity contribution in [2.45, 2.75) is 58.1 Å². The zero-order valence-electron chi connectivity index (χ0n) is 13.5. The van der Waals surface area contributed by atoms with E-state index in [0.29, 0.717) is 6.42 Å². The third-order valence-corrected chi connectivity index (χ3v) is 3.83. The molecule has 0 aliphatic carbocycles. The van der Waals surface area contributed by atoms with Crippen molar-refractivity contribution in [2.75, 3.05) is 20.5 Å². The Morgan fingerprint density at radius 2 is 1.91 bits per heavy atom. The van der Waals surface area contributed by atoms with Crippen LogP contribution >= 0.6 is 0 Å². The van der Waals surface area contributed by atoms with Gasteiger partial charge >= 0.3 is 12.1 Å². The van der Waals surface area contributed by atoms with Gasteiger partial charge in [-0.1, -0.05) is 6.92 Å². The molecule has 1 heterocycles. The third kappa shape index (κ3) is 3.91. The van der Waals surface area contributed by atoms with Crippen molar-refractivity contribution in [2.24, 2.45) is 5.41 Å². The lowest BCUT2D eigenvalue weighted by molar-refractivity contribution is -0.380. The fraction of sp³-hybridized carbons (Fsp3) is 0.929. The summed E-state index contributed by atoms with van der Waals surface area (Å²) in [6, 6.07) is 0. The highest BCUT2D eigenvalue weighted by Gasteiger charge is 2.66. The van der Waals surface area contributed by atoms with Crippen LogP contribution in [0.3, 0.4) is 0 Å². The van der Waals surface area contributed by atoms with Gasteiger partial charge in [0.05, 0.1) is 18.4 Å². The Balaban J connectivity index is 2.90. The van der Waals surface area contributed by atoms with Crippen molar-refractivity contribution >= 4 is 5.97 Å². The SMILES string of the molecule is CCC(C)(C)C(=O)OC1(C)COC(OCOC)(C(F)(F)F)C1. The fourth-order valence-electron chi connectivity index (χ4n) is 1.95. The average molecular weight is 328 g/mol. The van der Waals surface area contributed by atoms with Crippen molar-refractivity contribution in [1.82, 2.24) is 0 Å². The standard InChI is InChI=1S/C14H23F3O5/c1-6-11(2,3)10(18)22-12(4)7-13(20-8-12,14(15,16)17)21-9-19-5/h6-9H2,1-5H3. The molecule has 130 valence electrons. The minimum atomic E-state index is -4.77. The molecule has 1 saturated heterocycles. The molecule has 0 aromatic rings. The first-order valence-electron chi connectivity index (χ1n) is 6.98. The van der Waals surface area contributed by atoms with Gasteiger partial charge in [0, 0.05) is 7.11 Å². The van der Waals surface area contributed by atoms with E-state index in [2.05, 4.69) is 4.74 Å². The lowest BCUT2D eigenvalue weighted by atomic mass is 9.90.